The number of nitrogens with one attached hydrogen (secondary N) is 2. The van der Waals surface area contributed by atoms with Gasteiger partial charge in [-0.2, -0.15) is 8.42 Å². The molecule has 9 heteroatoms. The summed E-state index contributed by atoms with van der Waals surface area (Å²) < 4.78 is 41.6. The summed E-state index contributed by atoms with van der Waals surface area (Å²) in [7, 11) is -4.90. The average Bonchev–Trinajstić information content (AvgIpc) is 2.49. The van der Waals surface area contributed by atoms with Gasteiger partial charge in [0, 0.05) is 38.4 Å². The Morgan fingerprint density at radius 1 is 1.31 bits per heavy atom. The number of benzene rings is 1. The van der Waals surface area contributed by atoms with Crippen LogP contribution in [0.5, 0.6) is 0 Å². The lowest BCUT2D eigenvalue weighted by molar-refractivity contribution is 0.0635. The fourth-order valence-electron chi connectivity index (χ4n) is 2.70. The van der Waals surface area contributed by atoms with Gasteiger partial charge in [-0.05, 0) is 51.0 Å². The minimum Gasteiger partial charge on any atom is -0.444 e. The molecule has 0 radical (unpaired) electrons. The Labute approximate surface area is 154 Å². The van der Waals surface area contributed by atoms with Gasteiger partial charge < -0.3 is 10.1 Å². The van der Waals surface area contributed by atoms with Gasteiger partial charge in [0.15, 0.2) is 0 Å². The van der Waals surface area contributed by atoms with Gasteiger partial charge in [-0.15, -0.1) is 3.89 Å². The van der Waals surface area contributed by atoms with Gasteiger partial charge in [0.1, 0.15) is 10.5 Å². The monoisotopic (exact) mass is 387 g/mol. The number of carbonyl (C=O) groups excluding carboxylic acids is 1. The first kappa shape index (κ1) is 20.6. The van der Waals surface area contributed by atoms with Gasteiger partial charge in [0.25, 0.3) is 0 Å². The quantitative estimate of drug-likeness (QED) is 0.772. The van der Waals surface area contributed by atoms with Crippen LogP contribution in [0, 0.1) is 6.92 Å². The molecule has 0 aliphatic carbocycles. The van der Waals surface area contributed by atoms with Gasteiger partial charge in [-0.1, -0.05) is 0 Å². The van der Waals surface area contributed by atoms with Crippen LogP contribution in [0.2, 0.25) is 0 Å². The number of hydrogen-bond acceptors (Lipinski definition) is 6. The maximum atomic E-state index is 13.6. The van der Waals surface area contributed by atoms with Crippen molar-refractivity contribution in [2.75, 3.05) is 31.5 Å². The molecule has 1 aliphatic rings. The fourth-order valence-corrected chi connectivity index (χ4v) is 3.25. The molecule has 0 atom stereocenters. The van der Waals surface area contributed by atoms with Crippen molar-refractivity contribution in [1.29, 1.82) is 0 Å². The zero-order valence-corrected chi connectivity index (χ0v) is 16.4. The Kier molecular flexibility index (Phi) is 6.25. The van der Waals surface area contributed by atoms with Crippen LogP contribution in [0.3, 0.4) is 0 Å². The molecular formula is C17H26FN3O4S. The lowest BCUT2D eigenvalue weighted by Crippen LogP contribution is -2.43. The Hall–Kier alpha value is -1.71. The lowest BCUT2D eigenvalue weighted by atomic mass is 10.1. The van der Waals surface area contributed by atoms with E-state index in [1.54, 1.807) is 27.7 Å². The van der Waals surface area contributed by atoms with Gasteiger partial charge in [0.2, 0.25) is 0 Å². The molecule has 1 aliphatic heterocycles. The minimum atomic E-state index is -4.90. The van der Waals surface area contributed by atoms with E-state index in [0.29, 0.717) is 17.7 Å². The van der Waals surface area contributed by atoms with Crippen LogP contribution in [0.15, 0.2) is 17.0 Å². The molecule has 2 N–H and O–H groups in total. The summed E-state index contributed by atoms with van der Waals surface area (Å²) in [6.07, 6.45) is -0.720. The Balaban J connectivity index is 2.33. The zero-order valence-electron chi connectivity index (χ0n) is 15.6. The first-order valence-electron chi connectivity index (χ1n) is 8.47. The van der Waals surface area contributed by atoms with E-state index in [4.69, 9.17) is 4.74 Å². The second-order valence-electron chi connectivity index (χ2n) is 7.35. The van der Waals surface area contributed by atoms with Crippen LogP contribution in [-0.2, 0) is 21.5 Å². The van der Waals surface area contributed by atoms with E-state index in [2.05, 4.69) is 15.5 Å². The summed E-state index contributed by atoms with van der Waals surface area (Å²) in [4.78, 5) is 13.7. The van der Waals surface area contributed by atoms with Gasteiger partial charge >= 0.3 is 16.3 Å². The predicted octanol–water partition coefficient (Wildman–Crippen LogP) is 2.41. The highest BCUT2D eigenvalue weighted by atomic mass is 32.3. The maximum absolute atomic E-state index is 13.6. The molecule has 1 heterocycles. The molecule has 0 aromatic heterocycles. The second-order valence-corrected chi connectivity index (χ2v) is 8.69. The topological polar surface area (TPSA) is 87.7 Å². The van der Waals surface area contributed by atoms with Crippen molar-refractivity contribution >= 4 is 22.0 Å². The lowest BCUT2D eigenvalue weighted by Gasteiger charge is -2.28. The molecule has 0 bridgehead atoms. The maximum Gasteiger partial charge on any atom is 0.412 e. The van der Waals surface area contributed by atoms with Crippen LogP contribution in [-0.4, -0.2) is 51.2 Å². The second kappa shape index (κ2) is 7.89. The number of hydrogen-bond donors (Lipinski definition) is 2. The van der Waals surface area contributed by atoms with Crippen LogP contribution < -0.4 is 10.6 Å². The highest BCUT2D eigenvalue weighted by molar-refractivity contribution is 7.86. The number of rotatable bonds is 4. The molecule has 0 saturated carbocycles. The van der Waals surface area contributed by atoms with Crippen LogP contribution in [0.1, 0.15) is 31.9 Å². The largest absolute Gasteiger partial charge is 0.444 e. The van der Waals surface area contributed by atoms with Gasteiger partial charge in [0.05, 0.1) is 0 Å². The first-order chi connectivity index (χ1) is 12.0. The number of anilines is 1. The van der Waals surface area contributed by atoms with Gasteiger partial charge in [-0.3, -0.25) is 10.2 Å². The van der Waals surface area contributed by atoms with Crippen LogP contribution in [0.4, 0.5) is 14.4 Å². The van der Waals surface area contributed by atoms with Crippen molar-refractivity contribution in [3.8, 4) is 0 Å². The molecule has 1 saturated heterocycles. The van der Waals surface area contributed by atoms with E-state index in [-0.39, 0.29) is 5.69 Å². The molecule has 1 fully saturated rings. The average molecular weight is 387 g/mol. The molecular weight excluding hydrogens is 361 g/mol. The third-order valence-corrected chi connectivity index (χ3v) is 4.81. The number of amides is 1. The summed E-state index contributed by atoms with van der Waals surface area (Å²) in [6, 6.07) is 2.45. The molecule has 146 valence electrons. The SMILES string of the molecule is Cc1c(CN2CCNCC2)cc(S(=O)(=O)F)cc1NC(=O)OC(C)(C)C. The fraction of sp³-hybridized carbons (Fsp3) is 0.588. The van der Waals surface area contributed by atoms with Crippen molar-refractivity contribution in [3.05, 3.63) is 23.3 Å². The predicted molar refractivity (Wildman–Crippen MR) is 97.5 cm³/mol. The van der Waals surface area contributed by atoms with Crippen molar-refractivity contribution in [2.45, 2.75) is 44.7 Å². The minimum absolute atomic E-state index is 0.225. The number of piperazine rings is 1. The van der Waals surface area contributed by atoms with E-state index < -0.39 is 26.8 Å². The Bertz CT molecular complexity index is 769. The van der Waals surface area contributed by atoms with Crippen molar-refractivity contribution in [1.82, 2.24) is 10.2 Å². The van der Waals surface area contributed by atoms with E-state index in [1.165, 1.54) is 6.07 Å². The Morgan fingerprint density at radius 3 is 2.46 bits per heavy atom. The summed E-state index contributed by atoms with van der Waals surface area (Å²) in [5.41, 5.74) is 0.854. The number of nitrogens with zero attached hydrogens (tertiary/aromatic N) is 1. The van der Waals surface area contributed by atoms with Gasteiger partial charge in [-0.25, -0.2) is 4.79 Å². The first-order valence-corrected chi connectivity index (χ1v) is 9.85. The highest BCUT2D eigenvalue weighted by Crippen LogP contribution is 2.27. The van der Waals surface area contributed by atoms with Crippen LogP contribution >= 0.6 is 0 Å². The van der Waals surface area contributed by atoms with Crippen LogP contribution in [0.25, 0.3) is 0 Å². The third kappa shape index (κ3) is 5.93. The number of carbonyl (C=O) groups is 1. The molecule has 2 rings (SSSR count). The van der Waals surface area contributed by atoms with E-state index in [9.17, 15) is 17.1 Å². The standard InChI is InChI=1S/C17H26FN3O4S/c1-12-13(11-21-7-5-19-6-8-21)9-14(26(18,23)24)10-15(12)20-16(22)25-17(2,3)4/h9-10,19H,5-8,11H2,1-4H3,(H,20,22). The highest BCUT2D eigenvalue weighted by Gasteiger charge is 2.22. The summed E-state index contributed by atoms with van der Waals surface area (Å²) in [5, 5.41) is 5.77. The molecule has 0 unspecified atom stereocenters. The molecule has 7 nitrogen and oxygen atoms in total. The molecule has 0 spiro atoms. The summed E-state index contributed by atoms with van der Waals surface area (Å²) in [5.74, 6) is 0. The normalized spacial score (nSPS) is 16.3. The number of ether oxygens (including phenoxy) is 1. The smallest absolute Gasteiger partial charge is 0.412 e. The summed E-state index contributed by atoms with van der Waals surface area (Å²) in [6.45, 7) is 10.7. The van der Waals surface area contributed by atoms with E-state index in [1.807, 2.05) is 0 Å². The molecule has 1 amide bonds. The van der Waals surface area contributed by atoms with Crippen molar-refractivity contribution in [3.63, 3.8) is 0 Å². The zero-order chi connectivity index (χ0) is 19.5. The summed E-state index contributed by atoms with van der Waals surface area (Å²) >= 11 is 0. The number of halogens is 1. The third-order valence-electron chi connectivity index (χ3n) is 4.01. The molecule has 26 heavy (non-hydrogen) atoms. The van der Waals surface area contributed by atoms with Crippen molar-refractivity contribution in [2.24, 2.45) is 0 Å². The molecule has 1 aromatic rings. The van der Waals surface area contributed by atoms with E-state index >= 15 is 0 Å². The Morgan fingerprint density at radius 2 is 1.92 bits per heavy atom. The van der Waals surface area contributed by atoms with Crippen molar-refractivity contribution < 1.29 is 21.8 Å². The molecule has 1 aromatic carbocycles. The van der Waals surface area contributed by atoms with E-state index in [0.717, 1.165) is 32.2 Å².